The van der Waals surface area contributed by atoms with Crippen molar-refractivity contribution in [3.63, 3.8) is 0 Å². The molecule has 0 aliphatic heterocycles. The fourth-order valence-electron chi connectivity index (χ4n) is 3.19. The third-order valence-electron chi connectivity index (χ3n) is 5.53. The SMILES string of the molecule is CCC(C)c1ccc(OCC(=O)Nc2ccc(C(=O)NCCN(CC)CC)cc2)c(Br)c1. The van der Waals surface area contributed by atoms with E-state index in [2.05, 4.69) is 59.2 Å². The van der Waals surface area contributed by atoms with Crippen molar-refractivity contribution in [1.29, 1.82) is 0 Å². The molecule has 174 valence electrons. The number of carbonyl (C=O) groups is 2. The van der Waals surface area contributed by atoms with Crippen LogP contribution in [0.3, 0.4) is 0 Å². The van der Waals surface area contributed by atoms with Crippen molar-refractivity contribution in [3.05, 3.63) is 58.1 Å². The fourth-order valence-corrected chi connectivity index (χ4v) is 3.70. The van der Waals surface area contributed by atoms with E-state index in [1.165, 1.54) is 5.56 Å². The van der Waals surface area contributed by atoms with E-state index < -0.39 is 0 Å². The highest BCUT2D eigenvalue weighted by Gasteiger charge is 2.11. The lowest BCUT2D eigenvalue weighted by atomic mass is 9.99. The molecule has 0 saturated carbocycles. The van der Waals surface area contributed by atoms with E-state index in [9.17, 15) is 9.59 Å². The first-order valence-corrected chi connectivity index (χ1v) is 12.0. The van der Waals surface area contributed by atoms with E-state index in [4.69, 9.17) is 4.74 Å². The van der Waals surface area contributed by atoms with Gasteiger partial charge in [0.25, 0.3) is 11.8 Å². The van der Waals surface area contributed by atoms with Crippen LogP contribution in [-0.2, 0) is 4.79 Å². The van der Waals surface area contributed by atoms with Gasteiger partial charge in [0.1, 0.15) is 5.75 Å². The molecule has 0 bridgehead atoms. The molecule has 0 saturated heterocycles. The zero-order chi connectivity index (χ0) is 23.5. The minimum atomic E-state index is -0.265. The van der Waals surface area contributed by atoms with Crippen LogP contribution in [0.1, 0.15) is 56.0 Å². The highest BCUT2D eigenvalue weighted by atomic mass is 79.9. The minimum absolute atomic E-state index is 0.102. The van der Waals surface area contributed by atoms with Crippen molar-refractivity contribution in [2.75, 3.05) is 38.1 Å². The number of benzene rings is 2. The number of ether oxygens (including phenoxy) is 1. The number of anilines is 1. The Kier molecular flexibility index (Phi) is 10.7. The zero-order valence-electron chi connectivity index (χ0n) is 19.4. The minimum Gasteiger partial charge on any atom is -0.483 e. The fraction of sp³-hybridized carbons (Fsp3) is 0.440. The van der Waals surface area contributed by atoms with Gasteiger partial charge in [-0.3, -0.25) is 9.59 Å². The highest BCUT2D eigenvalue weighted by molar-refractivity contribution is 9.10. The lowest BCUT2D eigenvalue weighted by Gasteiger charge is -2.18. The first-order valence-electron chi connectivity index (χ1n) is 11.2. The van der Waals surface area contributed by atoms with Crippen LogP contribution in [0.5, 0.6) is 5.75 Å². The van der Waals surface area contributed by atoms with E-state index in [0.29, 0.717) is 29.5 Å². The average molecular weight is 504 g/mol. The molecule has 1 atom stereocenters. The number of likely N-dealkylation sites (N-methyl/N-ethyl adjacent to an activating group) is 1. The second-order valence-corrected chi connectivity index (χ2v) is 8.55. The number of nitrogens with zero attached hydrogens (tertiary/aromatic N) is 1. The zero-order valence-corrected chi connectivity index (χ0v) is 21.0. The van der Waals surface area contributed by atoms with Crippen LogP contribution in [0, 0.1) is 0 Å². The Balaban J connectivity index is 1.82. The maximum atomic E-state index is 12.3. The topological polar surface area (TPSA) is 70.7 Å². The maximum absolute atomic E-state index is 12.3. The van der Waals surface area contributed by atoms with Crippen molar-refractivity contribution in [1.82, 2.24) is 10.2 Å². The Morgan fingerprint density at radius 3 is 2.34 bits per heavy atom. The smallest absolute Gasteiger partial charge is 0.262 e. The molecule has 32 heavy (non-hydrogen) atoms. The van der Waals surface area contributed by atoms with Crippen LogP contribution in [0.4, 0.5) is 5.69 Å². The number of hydrogen-bond donors (Lipinski definition) is 2. The molecule has 1 unspecified atom stereocenters. The molecule has 2 aromatic carbocycles. The third kappa shape index (κ3) is 7.95. The Labute approximate surface area is 199 Å². The molecule has 0 aliphatic rings. The third-order valence-corrected chi connectivity index (χ3v) is 6.15. The van der Waals surface area contributed by atoms with E-state index >= 15 is 0 Å². The Morgan fingerprint density at radius 2 is 1.75 bits per heavy atom. The molecular weight excluding hydrogens is 470 g/mol. The first-order chi connectivity index (χ1) is 15.4. The van der Waals surface area contributed by atoms with Crippen LogP contribution < -0.4 is 15.4 Å². The van der Waals surface area contributed by atoms with Crippen LogP contribution in [-0.4, -0.2) is 49.5 Å². The monoisotopic (exact) mass is 503 g/mol. The van der Waals surface area contributed by atoms with Crippen molar-refractivity contribution >= 4 is 33.4 Å². The molecule has 0 fully saturated rings. The van der Waals surface area contributed by atoms with Gasteiger partial charge < -0.3 is 20.3 Å². The molecule has 0 spiro atoms. The Hall–Kier alpha value is -2.38. The van der Waals surface area contributed by atoms with Crippen LogP contribution >= 0.6 is 15.9 Å². The van der Waals surface area contributed by atoms with Gasteiger partial charge in [0, 0.05) is 24.3 Å². The van der Waals surface area contributed by atoms with E-state index in [1.54, 1.807) is 24.3 Å². The second kappa shape index (κ2) is 13.2. The van der Waals surface area contributed by atoms with Crippen molar-refractivity contribution in [2.24, 2.45) is 0 Å². The quantitative estimate of drug-likeness (QED) is 0.425. The van der Waals surface area contributed by atoms with Gasteiger partial charge >= 0.3 is 0 Å². The molecule has 0 aliphatic carbocycles. The summed E-state index contributed by atoms with van der Waals surface area (Å²) in [7, 11) is 0. The number of carbonyl (C=O) groups excluding carboxylic acids is 2. The molecule has 6 nitrogen and oxygen atoms in total. The first kappa shape index (κ1) is 25.9. The summed E-state index contributed by atoms with van der Waals surface area (Å²) in [4.78, 5) is 26.8. The number of nitrogens with one attached hydrogen (secondary N) is 2. The number of amides is 2. The van der Waals surface area contributed by atoms with Gasteiger partial charge in [0.05, 0.1) is 4.47 Å². The Morgan fingerprint density at radius 1 is 1.06 bits per heavy atom. The molecule has 0 aromatic heterocycles. The standard InChI is InChI=1S/C25H34BrN3O3/c1-5-18(4)20-10-13-23(22(26)16-20)32-17-24(30)28-21-11-8-19(9-12-21)25(31)27-14-15-29(6-2)7-3/h8-13,16,18H,5-7,14-15,17H2,1-4H3,(H,27,31)(H,28,30). The van der Waals surface area contributed by atoms with Crippen LogP contribution in [0.25, 0.3) is 0 Å². The van der Waals surface area contributed by atoms with Crippen molar-refractivity contribution < 1.29 is 14.3 Å². The van der Waals surface area contributed by atoms with Crippen molar-refractivity contribution in [2.45, 2.75) is 40.0 Å². The Bertz CT molecular complexity index is 883. The summed E-state index contributed by atoms with van der Waals surface area (Å²) in [5.41, 5.74) is 2.40. The molecule has 0 radical (unpaired) electrons. The number of rotatable bonds is 12. The van der Waals surface area contributed by atoms with Crippen LogP contribution in [0.15, 0.2) is 46.9 Å². The predicted molar refractivity (Wildman–Crippen MR) is 134 cm³/mol. The van der Waals surface area contributed by atoms with Crippen LogP contribution in [0.2, 0.25) is 0 Å². The van der Waals surface area contributed by atoms with Gasteiger partial charge in [0.15, 0.2) is 6.61 Å². The van der Waals surface area contributed by atoms with Gasteiger partial charge in [-0.15, -0.1) is 0 Å². The van der Waals surface area contributed by atoms with E-state index in [1.807, 2.05) is 18.2 Å². The lowest BCUT2D eigenvalue weighted by Crippen LogP contribution is -2.34. The summed E-state index contributed by atoms with van der Waals surface area (Å²) < 4.78 is 6.49. The van der Waals surface area contributed by atoms with Gasteiger partial charge in [-0.25, -0.2) is 0 Å². The summed E-state index contributed by atoms with van der Waals surface area (Å²) in [5, 5.41) is 5.72. The molecule has 2 aromatic rings. The summed E-state index contributed by atoms with van der Waals surface area (Å²) in [5.74, 6) is 0.711. The molecular formula is C25H34BrN3O3. The van der Waals surface area contributed by atoms with E-state index in [-0.39, 0.29) is 18.4 Å². The van der Waals surface area contributed by atoms with Gasteiger partial charge in [-0.2, -0.15) is 0 Å². The molecule has 2 rings (SSSR count). The molecule has 2 amide bonds. The number of halogens is 1. The van der Waals surface area contributed by atoms with Crippen molar-refractivity contribution in [3.8, 4) is 5.75 Å². The van der Waals surface area contributed by atoms with Gasteiger partial charge in [-0.05, 0) is 83.3 Å². The lowest BCUT2D eigenvalue weighted by molar-refractivity contribution is -0.118. The molecule has 2 N–H and O–H groups in total. The predicted octanol–water partition coefficient (Wildman–Crippen LogP) is 5.05. The largest absolute Gasteiger partial charge is 0.483 e. The molecule has 7 heteroatoms. The number of hydrogen-bond acceptors (Lipinski definition) is 4. The normalized spacial score (nSPS) is 11.8. The van der Waals surface area contributed by atoms with E-state index in [0.717, 1.165) is 30.5 Å². The van der Waals surface area contributed by atoms with Gasteiger partial charge in [0.2, 0.25) is 0 Å². The summed E-state index contributed by atoms with van der Waals surface area (Å²) in [6, 6.07) is 12.8. The molecule has 0 heterocycles. The highest BCUT2D eigenvalue weighted by Crippen LogP contribution is 2.30. The maximum Gasteiger partial charge on any atom is 0.262 e. The average Bonchev–Trinajstić information content (AvgIpc) is 2.80. The van der Waals surface area contributed by atoms with Gasteiger partial charge in [-0.1, -0.05) is 33.8 Å². The summed E-state index contributed by atoms with van der Waals surface area (Å²) in [6.45, 7) is 11.8. The summed E-state index contributed by atoms with van der Waals surface area (Å²) >= 11 is 3.52. The second-order valence-electron chi connectivity index (χ2n) is 7.70. The summed E-state index contributed by atoms with van der Waals surface area (Å²) in [6.07, 6.45) is 1.06.